The number of amides is 2. The van der Waals surface area contributed by atoms with E-state index in [1.54, 1.807) is 0 Å². The van der Waals surface area contributed by atoms with E-state index in [2.05, 4.69) is 17.0 Å². The molecule has 3 aliphatic rings. The molecule has 1 aromatic rings. The van der Waals surface area contributed by atoms with E-state index < -0.39 is 0 Å². The Balaban J connectivity index is 1.38. The van der Waals surface area contributed by atoms with Crippen LogP contribution in [0.1, 0.15) is 56.9 Å². The number of piperidine rings is 2. The molecule has 1 aromatic carbocycles. The minimum absolute atomic E-state index is 0.117. The maximum Gasteiger partial charge on any atom is 0.233 e. The van der Waals surface area contributed by atoms with Crippen LogP contribution in [0.5, 0.6) is 0 Å². The molecule has 0 atom stereocenters. The normalized spacial score (nSPS) is 23.4. The lowest BCUT2D eigenvalue weighted by Gasteiger charge is -2.45. The molecule has 4 nitrogen and oxygen atoms in total. The summed E-state index contributed by atoms with van der Waals surface area (Å²) in [7, 11) is 0. The van der Waals surface area contributed by atoms with Crippen molar-refractivity contribution in [1.29, 1.82) is 0 Å². The van der Waals surface area contributed by atoms with Crippen LogP contribution in [0.15, 0.2) is 30.3 Å². The average molecular weight is 354 g/mol. The van der Waals surface area contributed by atoms with E-state index in [1.165, 1.54) is 12.0 Å². The summed E-state index contributed by atoms with van der Waals surface area (Å²) in [5, 5.41) is 0. The maximum atomic E-state index is 13.3. The van der Waals surface area contributed by atoms with Crippen LogP contribution in [0.25, 0.3) is 0 Å². The van der Waals surface area contributed by atoms with Gasteiger partial charge in [-0.1, -0.05) is 36.8 Å². The third-order valence-corrected chi connectivity index (χ3v) is 6.74. The van der Waals surface area contributed by atoms with E-state index in [4.69, 9.17) is 0 Å². The van der Waals surface area contributed by atoms with Gasteiger partial charge in [-0.2, -0.15) is 0 Å². The monoisotopic (exact) mass is 354 g/mol. The van der Waals surface area contributed by atoms with Crippen molar-refractivity contribution in [2.24, 2.45) is 5.92 Å². The Hall–Kier alpha value is -1.84. The first-order valence-electron chi connectivity index (χ1n) is 10.3. The van der Waals surface area contributed by atoms with Crippen molar-refractivity contribution >= 4 is 11.8 Å². The van der Waals surface area contributed by atoms with Gasteiger partial charge >= 0.3 is 0 Å². The molecular formula is C22H30N2O2. The maximum absolute atomic E-state index is 13.3. The van der Waals surface area contributed by atoms with Crippen molar-refractivity contribution in [1.82, 2.24) is 9.80 Å². The van der Waals surface area contributed by atoms with Crippen LogP contribution < -0.4 is 0 Å². The van der Waals surface area contributed by atoms with Crippen LogP contribution in [0.3, 0.4) is 0 Å². The molecule has 0 N–H and O–H groups in total. The molecule has 0 radical (unpaired) electrons. The number of hydrogen-bond donors (Lipinski definition) is 0. The summed E-state index contributed by atoms with van der Waals surface area (Å²) >= 11 is 0. The van der Waals surface area contributed by atoms with E-state index in [0.29, 0.717) is 11.8 Å². The molecule has 0 aromatic heterocycles. The van der Waals surface area contributed by atoms with Crippen molar-refractivity contribution in [2.45, 2.75) is 56.8 Å². The fraction of sp³-hybridized carbons (Fsp3) is 0.636. The SMILES string of the molecule is O=C(C1CCN(C(=O)C2(c3ccccc3)CCC2)CC1)N1CCCCC1. The van der Waals surface area contributed by atoms with Crippen LogP contribution in [0.2, 0.25) is 0 Å². The highest BCUT2D eigenvalue weighted by molar-refractivity contribution is 5.89. The van der Waals surface area contributed by atoms with Gasteiger partial charge in [0.1, 0.15) is 0 Å². The quantitative estimate of drug-likeness (QED) is 0.835. The smallest absolute Gasteiger partial charge is 0.233 e. The minimum atomic E-state index is -0.301. The van der Waals surface area contributed by atoms with Crippen molar-refractivity contribution in [2.75, 3.05) is 26.2 Å². The molecular weight excluding hydrogens is 324 g/mol. The zero-order valence-electron chi connectivity index (χ0n) is 15.7. The van der Waals surface area contributed by atoms with Gasteiger partial charge in [-0.05, 0) is 50.5 Å². The zero-order valence-corrected chi connectivity index (χ0v) is 15.7. The van der Waals surface area contributed by atoms with Crippen molar-refractivity contribution < 1.29 is 9.59 Å². The second-order valence-corrected chi connectivity index (χ2v) is 8.25. The van der Waals surface area contributed by atoms with Gasteiger partial charge in [0.2, 0.25) is 11.8 Å². The second-order valence-electron chi connectivity index (χ2n) is 8.25. The molecule has 2 amide bonds. The van der Waals surface area contributed by atoms with E-state index in [1.807, 2.05) is 23.1 Å². The van der Waals surface area contributed by atoms with Gasteiger partial charge in [-0.25, -0.2) is 0 Å². The summed E-state index contributed by atoms with van der Waals surface area (Å²) in [6.07, 6.45) is 8.23. The second kappa shape index (κ2) is 7.42. The number of nitrogens with zero attached hydrogens (tertiary/aromatic N) is 2. The van der Waals surface area contributed by atoms with Crippen LogP contribution in [-0.4, -0.2) is 47.8 Å². The lowest BCUT2D eigenvalue weighted by Crippen LogP contribution is -2.54. The first kappa shape index (κ1) is 17.6. The summed E-state index contributed by atoms with van der Waals surface area (Å²) < 4.78 is 0. The Labute approximate surface area is 156 Å². The molecule has 2 heterocycles. The van der Waals surface area contributed by atoms with Gasteiger partial charge in [-0.3, -0.25) is 9.59 Å². The van der Waals surface area contributed by atoms with E-state index in [9.17, 15) is 9.59 Å². The van der Waals surface area contributed by atoms with Gasteiger partial charge in [0, 0.05) is 32.1 Å². The molecule has 4 heteroatoms. The van der Waals surface area contributed by atoms with E-state index in [0.717, 1.165) is 71.1 Å². The fourth-order valence-corrected chi connectivity index (χ4v) is 4.92. The largest absolute Gasteiger partial charge is 0.342 e. The molecule has 1 saturated carbocycles. The number of carbonyl (C=O) groups excluding carboxylic acids is 2. The molecule has 0 spiro atoms. The molecule has 140 valence electrons. The van der Waals surface area contributed by atoms with Gasteiger partial charge in [0.25, 0.3) is 0 Å². The molecule has 2 aliphatic heterocycles. The Morgan fingerprint density at radius 1 is 0.808 bits per heavy atom. The Morgan fingerprint density at radius 2 is 1.46 bits per heavy atom. The first-order valence-corrected chi connectivity index (χ1v) is 10.3. The van der Waals surface area contributed by atoms with Crippen molar-refractivity contribution in [3.05, 3.63) is 35.9 Å². The van der Waals surface area contributed by atoms with Crippen LogP contribution in [0.4, 0.5) is 0 Å². The number of rotatable bonds is 3. The summed E-state index contributed by atoms with van der Waals surface area (Å²) in [4.78, 5) is 30.1. The van der Waals surface area contributed by atoms with Gasteiger partial charge < -0.3 is 9.80 Å². The molecule has 3 fully saturated rings. The highest BCUT2D eigenvalue weighted by Gasteiger charge is 2.48. The minimum Gasteiger partial charge on any atom is -0.342 e. The number of carbonyl (C=O) groups is 2. The van der Waals surface area contributed by atoms with Gasteiger partial charge in [0.15, 0.2) is 0 Å². The van der Waals surface area contributed by atoms with E-state index in [-0.39, 0.29) is 11.3 Å². The summed E-state index contributed by atoms with van der Waals surface area (Å²) in [5.41, 5.74) is 0.869. The molecule has 26 heavy (non-hydrogen) atoms. The first-order chi connectivity index (χ1) is 12.7. The number of benzene rings is 1. The van der Waals surface area contributed by atoms with Crippen LogP contribution in [0, 0.1) is 5.92 Å². The lowest BCUT2D eigenvalue weighted by molar-refractivity contribution is -0.146. The third kappa shape index (κ3) is 3.15. The Morgan fingerprint density at radius 3 is 2.04 bits per heavy atom. The molecule has 1 aliphatic carbocycles. The summed E-state index contributed by atoms with van der Waals surface area (Å²) in [6.45, 7) is 3.32. The van der Waals surface area contributed by atoms with Gasteiger partial charge in [0.05, 0.1) is 5.41 Å². The summed E-state index contributed by atoms with van der Waals surface area (Å²) in [6, 6.07) is 10.3. The molecule has 2 saturated heterocycles. The third-order valence-electron chi connectivity index (χ3n) is 6.74. The van der Waals surface area contributed by atoms with Crippen LogP contribution >= 0.6 is 0 Å². The molecule has 0 bridgehead atoms. The fourth-order valence-electron chi connectivity index (χ4n) is 4.92. The highest BCUT2D eigenvalue weighted by atomic mass is 16.2. The number of likely N-dealkylation sites (tertiary alicyclic amines) is 2. The lowest BCUT2D eigenvalue weighted by atomic mass is 9.63. The standard InChI is InChI=1S/C22H30N2O2/c25-20(23-14-5-2-6-15-23)18-10-16-24(17-11-18)21(26)22(12-7-13-22)19-8-3-1-4-9-19/h1,3-4,8-9,18H,2,5-7,10-17H2. The Kier molecular flexibility index (Phi) is 5.01. The highest BCUT2D eigenvalue weighted by Crippen LogP contribution is 2.45. The average Bonchev–Trinajstić information content (AvgIpc) is 2.68. The topological polar surface area (TPSA) is 40.6 Å². The predicted octanol–water partition coefficient (Wildman–Crippen LogP) is 3.36. The molecule has 4 rings (SSSR count). The van der Waals surface area contributed by atoms with Crippen LogP contribution in [-0.2, 0) is 15.0 Å². The summed E-state index contributed by atoms with van der Waals surface area (Å²) in [5.74, 6) is 0.739. The molecule has 0 unspecified atom stereocenters. The Bertz CT molecular complexity index is 639. The number of hydrogen-bond acceptors (Lipinski definition) is 2. The van der Waals surface area contributed by atoms with Crippen molar-refractivity contribution in [3.63, 3.8) is 0 Å². The predicted molar refractivity (Wildman–Crippen MR) is 102 cm³/mol. The van der Waals surface area contributed by atoms with E-state index >= 15 is 0 Å². The van der Waals surface area contributed by atoms with Gasteiger partial charge in [-0.15, -0.1) is 0 Å². The zero-order chi connectivity index (χ0) is 18.0. The van der Waals surface area contributed by atoms with Crippen molar-refractivity contribution in [3.8, 4) is 0 Å².